The Morgan fingerprint density at radius 1 is 1.13 bits per heavy atom. The standard InChI is InChI=1S/C19H16N2O2/c1-3-23-18-8-7-14(11-19(18)22-2)9-17(13-21)16-6-4-5-15(10-16)12-20/h4-11H,3H2,1-2H3/b17-9-. The molecule has 23 heavy (non-hydrogen) atoms. The summed E-state index contributed by atoms with van der Waals surface area (Å²) >= 11 is 0. The van der Waals surface area contributed by atoms with Gasteiger partial charge in [-0.05, 0) is 48.4 Å². The van der Waals surface area contributed by atoms with E-state index in [1.165, 1.54) is 0 Å². The summed E-state index contributed by atoms with van der Waals surface area (Å²) in [6, 6.07) is 16.7. The maximum absolute atomic E-state index is 9.41. The van der Waals surface area contributed by atoms with Gasteiger partial charge in [-0.3, -0.25) is 0 Å². The number of methoxy groups -OCH3 is 1. The van der Waals surface area contributed by atoms with Crippen molar-refractivity contribution in [3.05, 3.63) is 59.2 Å². The first-order valence-electron chi connectivity index (χ1n) is 7.15. The van der Waals surface area contributed by atoms with Gasteiger partial charge in [0.05, 0.1) is 37.0 Å². The molecule has 0 fully saturated rings. The fraction of sp³-hybridized carbons (Fsp3) is 0.158. The summed E-state index contributed by atoms with van der Waals surface area (Å²) in [5, 5.41) is 18.4. The second-order valence-electron chi connectivity index (χ2n) is 4.71. The van der Waals surface area contributed by atoms with Gasteiger partial charge in [0.25, 0.3) is 0 Å². The second kappa shape index (κ2) is 7.68. The molecule has 0 amide bonds. The Morgan fingerprint density at radius 2 is 1.96 bits per heavy atom. The third kappa shape index (κ3) is 3.90. The van der Waals surface area contributed by atoms with Crippen LogP contribution in [0.25, 0.3) is 11.6 Å². The van der Waals surface area contributed by atoms with Gasteiger partial charge in [0.2, 0.25) is 0 Å². The topological polar surface area (TPSA) is 66.0 Å². The van der Waals surface area contributed by atoms with Crippen LogP contribution in [0.1, 0.15) is 23.6 Å². The van der Waals surface area contributed by atoms with E-state index in [1.807, 2.05) is 31.2 Å². The summed E-state index contributed by atoms with van der Waals surface area (Å²) in [4.78, 5) is 0. The van der Waals surface area contributed by atoms with Gasteiger partial charge in [-0.25, -0.2) is 0 Å². The Hall–Kier alpha value is -3.24. The summed E-state index contributed by atoms with van der Waals surface area (Å²) in [6.07, 6.45) is 1.76. The van der Waals surface area contributed by atoms with E-state index in [-0.39, 0.29) is 0 Å². The number of hydrogen-bond donors (Lipinski definition) is 0. The Labute approximate surface area is 135 Å². The highest BCUT2D eigenvalue weighted by atomic mass is 16.5. The molecule has 0 aromatic heterocycles. The lowest BCUT2D eigenvalue weighted by Crippen LogP contribution is -1.95. The van der Waals surface area contributed by atoms with Crippen LogP contribution in [0.5, 0.6) is 11.5 Å². The van der Waals surface area contributed by atoms with Crippen molar-refractivity contribution in [3.8, 4) is 23.6 Å². The number of allylic oxidation sites excluding steroid dienone is 1. The third-order valence-electron chi connectivity index (χ3n) is 3.22. The SMILES string of the molecule is CCOc1ccc(/C=C(/C#N)c2cccc(C#N)c2)cc1OC. The lowest BCUT2D eigenvalue weighted by Gasteiger charge is -2.10. The maximum Gasteiger partial charge on any atom is 0.161 e. The predicted octanol–water partition coefficient (Wildman–Crippen LogP) is 4.03. The summed E-state index contributed by atoms with van der Waals surface area (Å²) < 4.78 is 10.8. The number of nitriles is 2. The molecular weight excluding hydrogens is 288 g/mol. The Morgan fingerprint density at radius 3 is 2.61 bits per heavy atom. The third-order valence-corrected chi connectivity index (χ3v) is 3.22. The summed E-state index contributed by atoms with van der Waals surface area (Å²) in [7, 11) is 1.58. The molecule has 0 saturated heterocycles. The molecule has 114 valence electrons. The molecule has 0 atom stereocenters. The van der Waals surface area contributed by atoms with Crippen molar-refractivity contribution < 1.29 is 9.47 Å². The molecule has 0 aliphatic heterocycles. The van der Waals surface area contributed by atoms with Gasteiger partial charge in [-0.15, -0.1) is 0 Å². The van der Waals surface area contributed by atoms with Crippen LogP contribution in [0.15, 0.2) is 42.5 Å². The molecule has 0 heterocycles. The van der Waals surface area contributed by atoms with E-state index in [0.29, 0.717) is 34.8 Å². The van der Waals surface area contributed by atoms with E-state index in [1.54, 1.807) is 31.4 Å². The quantitative estimate of drug-likeness (QED) is 0.618. The first kappa shape index (κ1) is 16.1. The second-order valence-corrected chi connectivity index (χ2v) is 4.71. The Balaban J connectivity index is 2.42. The van der Waals surface area contributed by atoms with Gasteiger partial charge in [-0.1, -0.05) is 18.2 Å². The van der Waals surface area contributed by atoms with E-state index in [0.717, 1.165) is 5.56 Å². The minimum atomic E-state index is 0.480. The minimum Gasteiger partial charge on any atom is -0.493 e. The van der Waals surface area contributed by atoms with Gasteiger partial charge in [-0.2, -0.15) is 10.5 Å². The molecule has 0 saturated carbocycles. The molecule has 0 unspecified atom stereocenters. The number of nitrogens with zero attached hydrogens (tertiary/aromatic N) is 2. The van der Waals surface area contributed by atoms with E-state index in [2.05, 4.69) is 12.1 Å². The highest BCUT2D eigenvalue weighted by molar-refractivity contribution is 5.90. The zero-order valence-corrected chi connectivity index (χ0v) is 13.0. The molecule has 0 radical (unpaired) electrons. The first-order valence-corrected chi connectivity index (χ1v) is 7.15. The smallest absolute Gasteiger partial charge is 0.161 e. The van der Waals surface area contributed by atoms with Crippen LogP contribution >= 0.6 is 0 Å². The highest BCUT2D eigenvalue weighted by Gasteiger charge is 2.06. The molecule has 4 nitrogen and oxygen atoms in total. The molecule has 0 aliphatic rings. The van der Waals surface area contributed by atoms with Crippen LogP contribution in [0.4, 0.5) is 0 Å². The zero-order chi connectivity index (χ0) is 16.7. The van der Waals surface area contributed by atoms with Crippen molar-refractivity contribution in [1.82, 2.24) is 0 Å². The molecule has 0 spiro atoms. The minimum absolute atomic E-state index is 0.480. The van der Waals surface area contributed by atoms with Crippen molar-refractivity contribution in [2.45, 2.75) is 6.92 Å². The van der Waals surface area contributed by atoms with Gasteiger partial charge in [0.1, 0.15) is 0 Å². The zero-order valence-electron chi connectivity index (χ0n) is 13.0. The monoisotopic (exact) mass is 304 g/mol. The number of rotatable bonds is 5. The molecule has 2 aromatic carbocycles. The van der Waals surface area contributed by atoms with Crippen molar-refractivity contribution in [1.29, 1.82) is 10.5 Å². The lowest BCUT2D eigenvalue weighted by molar-refractivity contribution is 0.311. The molecule has 2 aromatic rings. The molecule has 0 aliphatic carbocycles. The normalized spacial score (nSPS) is 10.5. The largest absolute Gasteiger partial charge is 0.493 e. The van der Waals surface area contributed by atoms with Crippen molar-refractivity contribution in [2.75, 3.05) is 13.7 Å². The van der Waals surface area contributed by atoms with E-state index >= 15 is 0 Å². The molecule has 4 heteroatoms. The molecular formula is C19H16N2O2. The Kier molecular flexibility index (Phi) is 5.39. The van der Waals surface area contributed by atoms with Crippen LogP contribution in [0.3, 0.4) is 0 Å². The van der Waals surface area contributed by atoms with Crippen LogP contribution in [-0.4, -0.2) is 13.7 Å². The highest BCUT2D eigenvalue weighted by Crippen LogP contribution is 2.29. The van der Waals surface area contributed by atoms with Crippen LogP contribution in [0.2, 0.25) is 0 Å². The van der Waals surface area contributed by atoms with Gasteiger partial charge in [0, 0.05) is 0 Å². The van der Waals surface area contributed by atoms with Crippen LogP contribution in [0, 0.1) is 22.7 Å². The first-order chi connectivity index (χ1) is 11.2. The average Bonchev–Trinajstić information content (AvgIpc) is 2.60. The van der Waals surface area contributed by atoms with E-state index in [4.69, 9.17) is 14.7 Å². The number of hydrogen-bond acceptors (Lipinski definition) is 4. The van der Waals surface area contributed by atoms with Crippen molar-refractivity contribution >= 4 is 11.6 Å². The molecule has 0 bridgehead atoms. The molecule has 0 N–H and O–H groups in total. The molecule has 2 rings (SSSR count). The van der Waals surface area contributed by atoms with Gasteiger partial charge in [0.15, 0.2) is 11.5 Å². The lowest BCUT2D eigenvalue weighted by atomic mass is 10.0. The van der Waals surface area contributed by atoms with Gasteiger partial charge >= 0.3 is 0 Å². The van der Waals surface area contributed by atoms with Gasteiger partial charge < -0.3 is 9.47 Å². The summed E-state index contributed by atoms with van der Waals surface area (Å²) in [5.41, 5.74) is 2.53. The van der Waals surface area contributed by atoms with E-state index in [9.17, 15) is 5.26 Å². The number of ether oxygens (including phenoxy) is 2. The van der Waals surface area contributed by atoms with Crippen LogP contribution in [-0.2, 0) is 0 Å². The average molecular weight is 304 g/mol. The summed E-state index contributed by atoms with van der Waals surface area (Å²) in [6.45, 7) is 2.46. The maximum atomic E-state index is 9.41. The van der Waals surface area contributed by atoms with E-state index < -0.39 is 0 Å². The fourth-order valence-electron chi connectivity index (χ4n) is 2.15. The number of benzene rings is 2. The van der Waals surface area contributed by atoms with Crippen molar-refractivity contribution in [3.63, 3.8) is 0 Å². The van der Waals surface area contributed by atoms with Crippen molar-refractivity contribution in [2.24, 2.45) is 0 Å². The fourth-order valence-corrected chi connectivity index (χ4v) is 2.15. The van der Waals surface area contributed by atoms with Crippen LogP contribution < -0.4 is 9.47 Å². The Bertz CT molecular complexity index is 811. The summed E-state index contributed by atoms with van der Waals surface area (Å²) in [5.74, 6) is 1.28. The predicted molar refractivity (Wildman–Crippen MR) is 88.8 cm³/mol.